The molecule has 1 amide bonds. The van der Waals surface area contributed by atoms with E-state index in [1.54, 1.807) is 24.3 Å². The van der Waals surface area contributed by atoms with E-state index in [0.717, 1.165) is 15.7 Å². The Bertz CT molecular complexity index is 612. The van der Waals surface area contributed by atoms with Crippen LogP contribution in [0.25, 0.3) is 0 Å². The quantitative estimate of drug-likeness (QED) is 0.937. The maximum atomic E-state index is 12.0. The molecule has 94 valence electrons. The van der Waals surface area contributed by atoms with Gasteiger partial charge in [-0.1, -0.05) is 28.1 Å². The summed E-state index contributed by atoms with van der Waals surface area (Å²) in [5.41, 5.74) is 2.25. The number of anilines is 1. The smallest absolute Gasteiger partial charge is 0.255 e. The Hall–Kier alpha value is -2.12. The molecule has 0 atom stereocenters. The fourth-order valence-corrected chi connectivity index (χ4v) is 1.87. The largest absolute Gasteiger partial charge is 0.322 e. The van der Waals surface area contributed by atoms with Gasteiger partial charge in [-0.15, -0.1) is 0 Å². The Labute approximate surface area is 120 Å². The predicted molar refractivity (Wildman–Crippen MR) is 77.9 cm³/mol. The maximum absolute atomic E-state index is 12.0. The van der Waals surface area contributed by atoms with E-state index in [2.05, 4.69) is 27.3 Å². The Kier molecular flexibility index (Phi) is 4.32. The lowest BCUT2D eigenvalue weighted by atomic mass is 10.1. The third-order valence-electron chi connectivity index (χ3n) is 2.60. The Morgan fingerprint density at radius 1 is 1.11 bits per heavy atom. The highest BCUT2D eigenvalue weighted by molar-refractivity contribution is 9.10. The summed E-state index contributed by atoms with van der Waals surface area (Å²) < 4.78 is 0.935. The van der Waals surface area contributed by atoms with Crippen LogP contribution in [0.1, 0.15) is 15.9 Å². The molecule has 1 N–H and O–H groups in total. The number of hydrogen-bond acceptors (Lipinski definition) is 2. The van der Waals surface area contributed by atoms with Gasteiger partial charge in [-0.05, 0) is 42.0 Å². The number of nitriles is 1. The van der Waals surface area contributed by atoms with E-state index in [1.807, 2.05) is 24.3 Å². The first-order valence-corrected chi connectivity index (χ1v) is 6.51. The van der Waals surface area contributed by atoms with Crippen LogP contribution in [0.2, 0.25) is 0 Å². The Balaban J connectivity index is 2.06. The average Bonchev–Trinajstić information content (AvgIpc) is 2.42. The Morgan fingerprint density at radius 2 is 1.74 bits per heavy atom. The fraction of sp³-hybridized carbons (Fsp3) is 0.0667. The van der Waals surface area contributed by atoms with Crippen LogP contribution in [0.3, 0.4) is 0 Å². The van der Waals surface area contributed by atoms with Crippen LogP contribution in [-0.4, -0.2) is 5.91 Å². The lowest BCUT2D eigenvalue weighted by molar-refractivity contribution is 0.102. The van der Waals surface area contributed by atoms with Crippen molar-refractivity contribution in [2.45, 2.75) is 6.42 Å². The van der Waals surface area contributed by atoms with E-state index >= 15 is 0 Å². The summed E-state index contributed by atoms with van der Waals surface area (Å²) in [6, 6.07) is 16.5. The van der Waals surface area contributed by atoms with Crippen molar-refractivity contribution in [2.75, 3.05) is 5.32 Å². The second-order valence-corrected chi connectivity index (χ2v) is 4.91. The second kappa shape index (κ2) is 6.17. The molecule has 0 spiro atoms. The summed E-state index contributed by atoms with van der Waals surface area (Å²) in [7, 11) is 0. The summed E-state index contributed by atoms with van der Waals surface area (Å²) in [6.07, 6.45) is 0.376. The fourth-order valence-electron chi connectivity index (χ4n) is 1.60. The number of halogens is 1. The predicted octanol–water partition coefficient (Wildman–Crippen LogP) is 3.77. The van der Waals surface area contributed by atoms with Crippen molar-refractivity contribution in [1.82, 2.24) is 0 Å². The van der Waals surface area contributed by atoms with Gasteiger partial charge in [0.05, 0.1) is 12.5 Å². The maximum Gasteiger partial charge on any atom is 0.255 e. The molecule has 2 aromatic rings. The number of hydrogen-bond donors (Lipinski definition) is 1. The van der Waals surface area contributed by atoms with Crippen LogP contribution >= 0.6 is 15.9 Å². The first-order valence-electron chi connectivity index (χ1n) is 5.72. The summed E-state index contributed by atoms with van der Waals surface area (Å²) in [4.78, 5) is 12.0. The third kappa shape index (κ3) is 3.67. The molecular formula is C15H11BrN2O. The molecule has 3 nitrogen and oxygen atoms in total. The zero-order valence-corrected chi connectivity index (χ0v) is 11.6. The van der Waals surface area contributed by atoms with Crippen molar-refractivity contribution in [3.63, 3.8) is 0 Å². The molecule has 0 bridgehead atoms. The van der Waals surface area contributed by atoms with Crippen molar-refractivity contribution in [1.29, 1.82) is 5.26 Å². The molecule has 0 aliphatic carbocycles. The lowest BCUT2D eigenvalue weighted by Gasteiger charge is -2.06. The van der Waals surface area contributed by atoms with E-state index in [1.165, 1.54) is 0 Å². The molecule has 2 rings (SSSR count). The molecular weight excluding hydrogens is 304 g/mol. The van der Waals surface area contributed by atoms with Gasteiger partial charge in [-0.2, -0.15) is 5.26 Å². The molecule has 0 saturated carbocycles. The van der Waals surface area contributed by atoms with E-state index in [9.17, 15) is 4.79 Å². The summed E-state index contributed by atoms with van der Waals surface area (Å²) in [5, 5.41) is 11.4. The van der Waals surface area contributed by atoms with Crippen LogP contribution in [0.5, 0.6) is 0 Å². The van der Waals surface area contributed by atoms with Crippen molar-refractivity contribution >= 4 is 27.5 Å². The number of amides is 1. The normalized spacial score (nSPS) is 9.68. The molecule has 0 radical (unpaired) electrons. The molecule has 19 heavy (non-hydrogen) atoms. The van der Waals surface area contributed by atoms with Gasteiger partial charge in [0.1, 0.15) is 0 Å². The molecule has 0 aromatic heterocycles. The molecule has 0 fully saturated rings. The van der Waals surface area contributed by atoms with E-state index < -0.39 is 0 Å². The molecule has 0 unspecified atom stereocenters. The van der Waals surface area contributed by atoms with Crippen LogP contribution in [-0.2, 0) is 6.42 Å². The molecule has 2 aromatic carbocycles. The summed E-state index contributed by atoms with van der Waals surface area (Å²) >= 11 is 3.33. The van der Waals surface area contributed by atoms with Crippen LogP contribution in [0.15, 0.2) is 53.0 Å². The number of carbonyl (C=O) groups is 1. The topological polar surface area (TPSA) is 52.9 Å². The molecule has 0 saturated heterocycles. The molecule has 4 heteroatoms. The number of nitrogens with one attached hydrogen (secondary N) is 1. The summed E-state index contributed by atoms with van der Waals surface area (Å²) in [6.45, 7) is 0. The zero-order chi connectivity index (χ0) is 13.7. The first-order chi connectivity index (χ1) is 9.19. The highest BCUT2D eigenvalue weighted by atomic mass is 79.9. The number of nitrogens with zero attached hydrogens (tertiary/aromatic N) is 1. The van der Waals surface area contributed by atoms with Gasteiger partial charge in [0.25, 0.3) is 5.91 Å². The van der Waals surface area contributed by atoms with Gasteiger partial charge in [0.2, 0.25) is 0 Å². The van der Waals surface area contributed by atoms with Crippen molar-refractivity contribution in [3.8, 4) is 6.07 Å². The third-order valence-corrected chi connectivity index (χ3v) is 3.13. The van der Waals surface area contributed by atoms with Crippen LogP contribution < -0.4 is 5.32 Å². The number of carbonyl (C=O) groups excluding carboxylic acids is 1. The van der Waals surface area contributed by atoms with Gasteiger partial charge in [-0.3, -0.25) is 4.79 Å². The second-order valence-electron chi connectivity index (χ2n) is 3.99. The molecule has 0 heterocycles. The van der Waals surface area contributed by atoms with Crippen molar-refractivity contribution < 1.29 is 4.79 Å². The van der Waals surface area contributed by atoms with Gasteiger partial charge < -0.3 is 5.32 Å². The van der Waals surface area contributed by atoms with Crippen LogP contribution in [0, 0.1) is 11.3 Å². The standard InChI is InChI=1S/C15H11BrN2O/c16-13-5-3-12(4-6-13)15(19)18-14-7-1-11(2-8-14)9-10-17/h1-8H,9H2,(H,18,19). The minimum absolute atomic E-state index is 0.152. The number of rotatable bonds is 3. The first kappa shape index (κ1) is 13.3. The van der Waals surface area contributed by atoms with E-state index in [0.29, 0.717) is 12.0 Å². The van der Waals surface area contributed by atoms with Crippen LogP contribution in [0.4, 0.5) is 5.69 Å². The molecule has 0 aliphatic heterocycles. The van der Waals surface area contributed by atoms with Gasteiger partial charge >= 0.3 is 0 Å². The van der Waals surface area contributed by atoms with E-state index in [-0.39, 0.29) is 5.91 Å². The number of benzene rings is 2. The zero-order valence-electron chi connectivity index (χ0n) is 10.1. The lowest BCUT2D eigenvalue weighted by Crippen LogP contribution is -2.11. The Morgan fingerprint density at radius 3 is 2.32 bits per heavy atom. The highest BCUT2D eigenvalue weighted by Crippen LogP contribution is 2.14. The van der Waals surface area contributed by atoms with Crippen molar-refractivity contribution in [2.24, 2.45) is 0 Å². The minimum atomic E-state index is -0.152. The average molecular weight is 315 g/mol. The van der Waals surface area contributed by atoms with Gasteiger partial charge in [-0.25, -0.2) is 0 Å². The van der Waals surface area contributed by atoms with Gasteiger partial charge in [0.15, 0.2) is 0 Å². The van der Waals surface area contributed by atoms with Crippen molar-refractivity contribution in [3.05, 3.63) is 64.1 Å². The van der Waals surface area contributed by atoms with E-state index in [4.69, 9.17) is 5.26 Å². The SMILES string of the molecule is N#CCc1ccc(NC(=O)c2ccc(Br)cc2)cc1. The molecule has 0 aliphatic rings. The monoisotopic (exact) mass is 314 g/mol. The highest BCUT2D eigenvalue weighted by Gasteiger charge is 2.05. The minimum Gasteiger partial charge on any atom is -0.322 e. The van der Waals surface area contributed by atoms with Gasteiger partial charge in [0, 0.05) is 15.7 Å². The summed E-state index contributed by atoms with van der Waals surface area (Å²) in [5.74, 6) is -0.152.